The first-order valence-corrected chi connectivity index (χ1v) is 6.08. The Balaban J connectivity index is 2.22. The van der Waals surface area contributed by atoms with Crippen LogP contribution in [-0.2, 0) is 0 Å². The van der Waals surface area contributed by atoms with Crippen LogP contribution in [0.1, 0.15) is 0 Å². The van der Waals surface area contributed by atoms with Gasteiger partial charge in [-0.1, -0.05) is 11.6 Å². The van der Waals surface area contributed by atoms with Crippen molar-refractivity contribution in [2.45, 2.75) is 0 Å². The van der Waals surface area contributed by atoms with Crippen LogP contribution in [0.5, 0.6) is 5.75 Å². The van der Waals surface area contributed by atoms with Gasteiger partial charge in [0.15, 0.2) is 0 Å². The van der Waals surface area contributed by atoms with E-state index in [1.165, 1.54) is 0 Å². The molecule has 1 aromatic heterocycles. The standard InChI is InChI=1S/C12H10BrClN2O/c1-17-11-3-2-8(6-10(11)13)16-9-4-5-15-12(14)7-9/h2-7H,1H3,(H,15,16). The Bertz CT molecular complexity index is 534. The summed E-state index contributed by atoms with van der Waals surface area (Å²) < 4.78 is 6.06. The van der Waals surface area contributed by atoms with Crippen molar-refractivity contribution < 1.29 is 4.74 Å². The molecule has 1 aromatic carbocycles. The molecule has 0 fully saturated rings. The minimum atomic E-state index is 0.461. The third-order valence-electron chi connectivity index (χ3n) is 2.17. The van der Waals surface area contributed by atoms with Crippen molar-refractivity contribution in [1.29, 1.82) is 0 Å². The second-order valence-electron chi connectivity index (χ2n) is 3.34. The molecule has 0 amide bonds. The van der Waals surface area contributed by atoms with E-state index in [0.29, 0.717) is 5.15 Å². The lowest BCUT2D eigenvalue weighted by molar-refractivity contribution is 0.412. The van der Waals surface area contributed by atoms with E-state index in [1.807, 2.05) is 24.3 Å². The molecule has 17 heavy (non-hydrogen) atoms. The monoisotopic (exact) mass is 312 g/mol. The SMILES string of the molecule is COc1ccc(Nc2ccnc(Cl)c2)cc1Br. The summed E-state index contributed by atoms with van der Waals surface area (Å²) in [5, 5.41) is 3.69. The van der Waals surface area contributed by atoms with Crippen LogP contribution < -0.4 is 10.1 Å². The van der Waals surface area contributed by atoms with Crippen LogP contribution in [-0.4, -0.2) is 12.1 Å². The Morgan fingerprint density at radius 1 is 1.24 bits per heavy atom. The Kier molecular flexibility index (Phi) is 3.86. The van der Waals surface area contributed by atoms with Gasteiger partial charge in [-0.25, -0.2) is 4.98 Å². The van der Waals surface area contributed by atoms with Crippen LogP contribution in [0.15, 0.2) is 41.0 Å². The Morgan fingerprint density at radius 3 is 2.65 bits per heavy atom. The number of hydrogen-bond acceptors (Lipinski definition) is 3. The van der Waals surface area contributed by atoms with E-state index in [2.05, 4.69) is 26.2 Å². The van der Waals surface area contributed by atoms with E-state index in [1.54, 1.807) is 19.4 Å². The number of benzene rings is 1. The van der Waals surface area contributed by atoms with Crippen molar-refractivity contribution in [2.24, 2.45) is 0 Å². The zero-order valence-electron chi connectivity index (χ0n) is 9.08. The minimum Gasteiger partial charge on any atom is -0.496 e. The maximum Gasteiger partial charge on any atom is 0.133 e. The van der Waals surface area contributed by atoms with Gasteiger partial charge in [0.2, 0.25) is 0 Å². The topological polar surface area (TPSA) is 34.1 Å². The first-order chi connectivity index (χ1) is 8.19. The first-order valence-electron chi connectivity index (χ1n) is 4.91. The lowest BCUT2D eigenvalue weighted by atomic mass is 10.3. The number of aromatic nitrogens is 1. The highest BCUT2D eigenvalue weighted by molar-refractivity contribution is 9.10. The summed E-state index contributed by atoms with van der Waals surface area (Å²) in [6.45, 7) is 0. The van der Waals surface area contributed by atoms with Crippen LogP contribution >= 0.6 is 27.5 Å². The van der Waals surface area contributed by atoms with Crippen molar-refractivity contribution in [3.63, 3.8) is 0 Å². The van der Waals surface area contributed by atoms with Crippen molar-refractivity contribution in [1.82, 2.24) is 4.98 Å². The maximum absolute atomic E-state index is 5.81. The lowest BCUT2D eigenvalue weighted by Gasteiger charge is -2.09. The fourth-order valence-corrected chi connectivity index (χ4v) is 2.11. The molecule has 0 aliphatic rings. The van der Waals surface area contributed by atoms with E-state index >= 15 is 0 Å². The van der Waals surface area contributed by atoms with Gasteiger partial charge in [0.1, 0.15) is 10.9 Å². The molecule has 0 saturated heterocycles. The van der Waals surface area contributed by atoms with Crippen LogP contribution in [0.25, 0.3) is 0 Å². The summed E-state index contributed by atoms with van der Waals surface area (Å²) in [6.07, 6.45) is 1.66. The second kappa shape index (κ2) is 5.38. The smallest absolute Gasteiger partial charge is 0.133 e. The maximum atomic E-state index is 5.81. The normalized spacial score (nSPS) is 10.1. The van der Waals surface area contributed by atoms with Gasteiger partial charge in [-0.05, 0) is 46.3 Å². The number of nitrogens with one attached hydrogen (secondary N) is 1. The molecule has 0 aliphatic heterocycles. The van der Waals surface area contributed by atoms with Gasteiger partial charge in [0.25, 0.3) is 0 Å². The van der Waals surface area contributed by atoms with Crippen molar-refractivity contribution in [3.05, 3.63) is 46.2 Å². The van der Waals surface area contributed by atoms with E-state index < -0.39 is 0 Å². The van der Waals surface area contributed by atoms with E-state index in [0.717, 1.165) is 21.6 Å². The average Bonchev–Trinajstić information content (AvgIpc) is 2.29. The summed E-state index contributed by atoms with van der Waals surface area (Å²) in [4.78, 5) is 3.92. The van der Waals surface area contributed by atoms with Crippen LogP contribution in [0.2, 0.25) is 5.15 Å². The Labute approximate surface area is 113 Å². The van der Waals surface area contributed by atoms with Crippen LogP contribution in [0, 0.1) is 0 Å². The molecule has 0 bridgehead atoms. The van der Waals surface area contributed by atoms with Gasteiger partial charge in [0, 0.05) is 17.6 Å². The van der Waals surface area contributed by atoms with Crippen molar-refractivity contribution in [2.75, 3.05) is 12.4 Å². The van der Waals surface area contributed by atoms with E-state index in [-0.39, 0.29) is 0 Å². The van der Waals surface area contributed by atoms with E-state index in [4.69, 9.17) is 16.3 Å². The van der Waals surface area contributed by atoms with E-state index in [9.17, 15) is 0 Å². The zero-order valence-corrected chi connectivity index (χ0v) is 11.4. The minimum absolute atomic E-state index is 0.461. The predicted molar refractivity (Wildman–Crippen MR) is 73.2 cm³/mol. The molecule has 2 aromatic rings. The molecule has 5 heteroatoms. The third kappa shape index (κ3) is 3.11. The summed E-state index contributed by atoms with van der Waals surface area (Å²) in [6, 6.07) is 9.37. The van der Waals surface area contributed by atoms with Crippen molar-refractivity contribution in [3.8, 4) is 5.75 Å². The van der Waals surface area contributed by atoms with Crippen molar-refractivity contribution >= 4 is 38.9 Å². The highest BCUT2D eigenvalue weighted by atomic mass is 79.9. The number of pyridine rings is 1. The van der Waals surface area contributed by atoms with Gasteiger partial charge < -0.3 is 10.1 Å². The Morgan fingerprint density at radius 2 is 2.00 bits per heavy atom. The number of anilines is 2. The molecule has 88 valence electrons. The first kappa shape index (κ1) is 12.2. The van der Waals surface area contributed by atoms with Gasteiger partial charge in [-0.15, -0.1) is 0 Å². The highest BCUT2D eigenvalue weighted by Gasteiger charge is 2.02. The third-order valence-corrected chi connectivity index (χ3v) is 2.99. The van der Waals surface area contributed by atoms with Gasteiger partial charge in [-0.3, -0.25) is 0 Å². The second-order valence-corrected chi connectivity index (χ2v) is 4.58. The average molecular weight is 314 g/mol. The fraction of sp³-hybridized carbons (Fsp3) is 0.0833. The zero-order chi connectivity index (χ0) is 12.3. The quantitative estimate of drug-likeness (QED) is 0.860. The lowest BCUT2D eigenvalue weighted by Crippen LogP contribution is -1.92. The summed E-state index contributed by atoms with van der Waals surface area (Å²) in [5.74, 6) is 0.795. The molecule has 0 spiro atoms. The largest absolute Gasteiger partial charge is 0.496 e. The molecule has 1 N–H and O–H groups in total. The highest BCUT2D eigenvalue weighted by Crippen LogP contribution is 2.29. The molecular formula is C12H10BrClN2O. The molecule has 0 radical (unpaired) electrons. The molecule has 3 nitrogen and oxygen atoms in total. The number of methoxy groups -OCH3 is 1. The number of rotatable bonds is 3. The molecule has 2 rings (SSSR count). The molecule has 0 aliphatic carbocycles. The number of ether oxygens (including phenoxy) is 1. The molecule has 0 unspecified atom stereocenters. The summed E-state index contributed by atoms with van der Waals surface area (Å²) in [5.41, 5.74) is 1.84. The molecule has 0 saturated carbocycles. The number of nitrogens with zero attached hydrogens (tertiary/aromatic N) is 1. The number of hydrogen-bond donors (Lipinski definition) is 1. The predicted octanol–water partition coefficient (Wildman–Crippen LogP) is 4.25. The Hall–Kier alpha value is -1.26. The molecular weight excluding hydrogens is 304 g/mol. The molecule has 1 heterocycles. The van der Waals surface area contributed by atoms with Crippen LogP contribution in [0.3, 0.4) is 0 Å². The van der Waals surface area contributed by atoms with Gasteiger partial charge in [-0.2, -0.15) is 0 Å². The fourth-order valence-electron chi connectivity index (χ4n) is 1.39. The summed E-state index contributed by atoms with van der Waals surface area (Å²) >= 11 is 9.24. The van der Waals surface area contributed by atoms with Gasteiger partial charge in [0.05, 0.1) is 11.6 Å². The molecule has 0 atom stereocenters. The van der Waals surface area contributed by atoms with Gasteiger partial charge >= 0.3 is 0 Å². The van der Waals surface area contributed by atoms with Crippen LogP contribution in [0.4, 0.5) is 11.4 Å². The summed E-state index contributed by atoms with van der Waals surface area (Å²) in [7, 11) is 1.63. The number of halogens is 2.